The van der Waals surface area contributed by atoms with Crippen molar-refractivity contribution < 1.29 is 18.0 Å². The van der Waals surface area contributed by atoms with Crippen LogP contribution in [0.15, 0.2) is 42.6 Å². The molecule has 2 aromatic heterocycles. The summed E-state index contributed by atoms with van der Waals surface area (Å²) in [7, 11) is 2.10. The molecule has 0 aliphatic carbocycles. The lowest BCUT2D eigenvalue weighted by atomic mass is 10.2. The maximum atomic E-state index is 13.2. The van der Waals surface area contributed by atoms with Crippen LogP contribution in [0.4, 0.5) is 24.5 Å². The number of carbonyl (C=O) groups is 1. The Kier molecular flexibility index (Phi) is 5.62. The minimum absolute atomic E-state index is 0.117. The van der Waals surface area contributed by atoms with Crippen LogP contribution in [0.5, 0.6) is 0 Å². The quantitative estimate of drug-likeness (QED) is 0.681. The average Bonchev–Trinajstić information content (AvgIpc) is 3.12. The lowest BCUT2D eigenvalue weighted by molar-refractivity contribution is -0.137. The zero-order valence-corrected chi connectivity index (χ0v) is 17.4. The van der Waals surface area contributed by atoms with Crippen molar-refractivity contribution in [3.63, 3.8) is 0 Å². The van der Waals surface area contributed by atoms with E-state index in [1.165, 1.54) is 10.5 Å². The van der Waals surface area contributed by atoms with E-state index in [-0.39, 0.29) is 5.69 Å². The van der Waals surface area contributed by atoms with Crippen LogP contribution >= 0.6 is 0 Å². The van der Waals surface area contributed by atoms with Crippen LogP contribution in [0, 0.1) is 0 Å². The molecule has 1 N–H and O–H groups in total. The van der Waals surface area contributed by atoms with Gasteiger partial charge in [-0.05, 0) is 49.9 Å². The van der Waals surface area contributed by atoms with E-state index in [9.17, 15) is 18.0 Å². The summed E-state index contributed by atoms with van der Waals surface area (Å²) in [6.45, 7) is 5.67. The van der Waals surface area contributed by atoms with Crippen molar-refractivity contribution in [3.8, 4) is 0 Å². The second-order valence-corrected chi connectivity index (χ2v) is 7.70. The Hall–Kier alpha value is -3.07. The Morgan fingerprint density at radius 2 is 1.74 bits per heavy atom. The Bertz CT molecular complexity index is 1080. The van der Waals surface area contributed by atoms with Crippen molar-refractivity contribution in [3.05, 3.63) is 59.5 Å². The number of pyridine rings is 1. The monoisotopic (exact) mass is 431 g/mol. The molecule has 1 saturated heterocycles. The number of alkyl halides is 3. The van der Waals surface area contributed by atoms with Crippen LogP contribution in [0.3, 0.4) is 0 Å². The third kappa shape index (κ3) is 4.36. The molecule has 1 aromatic carbocycles. The van der Waals surface area contributed by atoms with Crippen LogP contribution in [-0.4, -0.2) is 53.4 Å². The average molecular weight is 431 g/mol. The van der Waals surface area contributed by atoms with Crippen LogP contribution in [0.1, 0.15) is 28.7 Å². The van der Waals surface area contributed by atoms with E-state index in [4.69, 9.17) is 0 Å². The third-order valence-corrected chi connectivity index (χ3v) is 5.56. The van der Waals surface area contributed by atoms with Gasteiger partial charge >= 0.3 is 6.18 Å². The van der Waals surface area contributed by atoms with E-state index in [1.54, 1.807) is 0 Å². The van der Waals surface area contributed by atoms with Gasteiger partial charge < -0.3 is 15.1 Å². The Balaban J connectivity index is 1.58. The molecule has 4 rings (SSSR count). The van der Waals surface area contributed by atoms with Gasteiger partial charge in [0.2, 0.25) is 0 Å². The number of likely N-dealkylation sites (N-methyl/N-ethyl adjacent to an activating group) is 1. The largest absolute Gasteiger partial charge is 0.417 e. The Morgan fingerprint density at radius 1 is 1.06 bits per heavy atom. The first-order valence-electron chi connectivity index (χ1n) is 10.2. The highest BCUT2D eigenvalue weighted by atomic mass is 19.4. The lowest BCUT2D eigenvalue weighted by Gasteiger charge is -2.34. The molecule has 1 aliphatic rings. The molecule has 0 saturated carbocycles. The number of halogens is 3. The first-order valence-corrected chi connectivity index (χ1v) is 10.2. The lowest BCUT2D eigenvalue weighted by Crippen LogP contribution is -2.44. The van der Waals surface area contributed by atoms with Crippen molar-refractivity contribution in [1.29, 1.82) is 0 Å². The minimum atomic E-state index is -4.50. The fourth-order valence-corrected chi connectivity index (χ4v) is 3.76. The first kappa shape index (κ1) is 21.2. The number of nitrogens with one attached hydrogen (secondary N) is 1. The Morgan fingerprint density at radius 3 is 2.35 bits per heavy atom. The molecule has 164 valence electrons. The summed E-state index contributed by atoms with van der Waals surface area (Å²) in [5.41, 5.74) is 1.69. The standard InChI is InChI=1S/C22H24F3N5O/c1-3-18-20(30-14-15(22(23,24)25)4-9-19(30)27-18)21(31)26-16-5-7-17(8-6-16)29-12-10-28(2)11-13-29/h4-9,14H,3,10-13H2,1-2H3,(H,26,31). The van der Waals surface area contributed by atoms with E-state index in [2.05, 4.69) is 27.1 Å². The predicted molar refractivity (Wildman–Crippen MR) is 114 cm³/mol. The number of imidazole rings is 1. The van der Waals surface area contributed by atoms with Gasteiger partial charge in [-0.25, -0.2) is 4.98 Å². The molecular formula is C22H24F3N5O. The topological polar surface area (TPSA) is 52.9 Å². The number of fused-ring (bicyclic) bond motifs is 1. The molecule has 6 nitrogen and oxygen atoms in total. The highest BCUT2D eigenvalue weighted by Gasteiger charge is 2.32. The molecule has 3 aromatic rings. The van der Waals surface area contributed by atoms with Gasteiger partial charge in [0.25, 0.3) is 5.91 Å². The fourth-order valence-electron chi connectivity index (χ4n) is 3.76. The number of carbonyl (C=O) groups excluding carboxylic acids is 1. The normalized spacial score (nSPS) is 15.5. The molecular weight excluding hydrogens is 407 g/mol. The number of hydrogen-bond acceptors (Lipinski definition) is 4. The summed E-state index contributed by atoms with van der Waals surface area (Å²) in [6, 6.07) is 9.75. The minimum Gasteiger partial charge on any atom is -0.369 e. The summed E-state index contributed by atoms with van der Waals surface area (Å²) >= 11 is 0. The molecule has 0 radical (unpaired) electrons. The molecule has 9 heteroatoms. The van der Waals surface area contributed by atoms with Gasteiger partial charge in [0.15, 0.2) is 0 Å². The Labute approximate surface area is 178 Å². The number of rotatable bonds is 4. The van der Waals surface area contributed by atoms with E-state index in [0.29, 0.717) is 23.4 Å². The van der Waals surface area contributed by atoms with Crippen molar-refractivity contribution in [1.82, 2.24) is 14.3 Å². The van der Waals surface area contributed by atoms with Crippen LogP contribution < -0.4 is 10.2 Å². The number of piperazine rings is 1. The molecule has 1 amide bonds. The van der Waals surface area contributed by atoms with E-state index >= 15 is 0 Å². The van der Waals surface area contributed by atoms with Gasteiger partial charge in [0.05, 0.1) is 11.3 Å². The number of aryl methyl sites for hydroxylation is 1. The van der Waals surface area contributed by atoms with E-state index in [0.717, 1.165) is 44.1 Å². The maximum Gasteiger partial charge on any atom is 0.417 e. The highest BCUT2D eigenvalue weighted by molar-refractivity contribution is 6.04. The van der Waals surface area contributed by atoms with Crippen LogP contribution in [0.2, 0.25) is 0 Å². The van der Waals surface area contributed by atoms with Gasteiger partial charge in [-0.3, -0.25) is 9.20 Å². The third-order valence-electron chi connectivity index (χ3n) is 5.56. The molecule has 0 atom stereocenters. The van der Waals surface area contributed by atoms with Crippen molar-refractivity contribution in [2.75, 3.05) is 43.4 Å². The molecule has 0 spiro atoms. The van der Waals surface area contributed by atoms with Gasteiger partial charge in [0.1, 0.15) is 11.3 Å². The van der Waals surface area contributed by atoms with Gasteiger partial charge in [0, 0.05) is 43.8 Å². The molecule has 0 bridgehead atoms. The zero-order valence-electron chi connectivity index (χ0n) is 17.4. The summed E-state index contributed by atoms with van der Waals surface area (Å²) < 4.78 is 40.7. The fraction of sp³-hybridized carbons (Fsp3) is 0.364. The summed E-state index contributed by atoms with van der Waals surface area (Å²) in [6.07, 6.45) is -3.15. The second-order valence-electron chi connectivity index (χ2n) is 7.70. The predicted octanol–water partition coefficient (Wildman–Crippen LogP) is 3.92. The smallest absolute Gasteiger partial charge is 0.369 e. The number of hydrogen-bond donors (Lipinski definition) is 1. The molecule has 1 fully saturated rings. The zero-order chi connectivity index (χ0) is 22.2. The first-order chi connectivity index (χ1) is 14.8. The number of aromatic nitrogens is 2. The van der Waals surface area contributed by atoms with Crippen molar-refractivity contribution in [2.24, 2.45) is 0 Å². The van der Waals surface area contributed by atoms with Crippen LogP contribution in [-0.2, 0) is 12.6 Å². The number of amides is 1. The SMILES string of the molecule is CCc1nc2ccc(C(F)(F)F)cn2c1C(=O)Nc1ccc(N2CCN(C)CC2)cc1. The van der Waals surface area contributed by atoms with Gasteiger partial charge in [-0.2, -0.15) is 13.2 Å². The molecule has 3 heterocycles. The summed E-state index contributed by atoms with van der Waals surface area (Å²) in [4.78, 5) is 21.9. The number of benzene rings is 1. The molecule has 31 heavy (non-hydrogen) atoms. The summed E-state index contributed by atoms with van der Waals surface area (Å²) in [5.74, 6) is -0.490. The number of nitrogens with zero attached hydrogens (tertiary/aromatic N) is 4. The van der Waals surface area contributed by atoms with Gasteiger partial charge in [-0.1, -0.05) is 6.92 Å². The summed E-state index contributed by atoms with van der Waals surface area (Å²) in [5, 5.41) is 2.80. The molecule has 1 aliphatic heterocycles. The molecule has 0 unspecified atom stereocenters. The van der Waals surface area contributed by atoms with Crippen molar-refractivity contribution in [2.45, 2.75) is 19.5 Å². The second kappa shape index (κ2) is 8.22. The number of anilines is 2. The van der Waals surface area contributed by atoms with Gasteiger partial charge in [-0.15, -0.1) is 0 Å². The maximum absolute atomic E-state index is 13.2. The highest BCUT2D eigenvalue weighted by Crippen LogP contribution is 2.30. The van der Waals surface area contributed by atoms with E-state index < -0.39 is 17.6 Å². The van der Waals surface area contributed by atoms with Crippen molar-refractivity contribution >= 4 is 22.9 Å². The van der Waals surface area contributed by atoms with Crippen LogP contribution in [0.25, 0.3) is 5.65 Å². The van der Waals surface area contributed by atoms with E-state index in [1.807, 2.05) is 31.2 Å².